The molecule has 3 N–H and O–H groups in total. The van der Waals surface area contributed by atoms with Gasteiger partial charge < -0.3 is 20.3 Å². The molecular formula is C17H25NO5. The van der Waals surface area contributed by atoms with Crippen molar-refractivity contribution in [2.24, 2.45) is 0 Å². The molecule has 2 aliphatic rings. The lowest BCUT2D eigenvalue weighted by atomic mass is 9.91. The van der Waals surface area contributed by atoms with Gasteiger partial charge in [-0.3, -0.25) is 9.59 Å². The Morgan fingerprint density at radius 2 is 2.00 bits per heavy atom. The van der Waals surface area contributed by atoms with Crippen LogP contribution in [0.1, 0.15) is 52.4 Å². The molecule has 0 aliphatic carbocycles. The highest BCUT2D eigenvalue weighted by atomic mass is 16.5. The molecule has 0 aromatic rings. The zero-order valence-electron chi connectivity index (χ0n) is 13.7. The topological polar surface area (TPSA) is 95.9 Å². The van der Waals surface area contributed by atoms with Gasteiger partial charge in [0.05, 0.1) is 0 Å². The number of amides is 1. The minimum Gasteiger partial charge on any atom is -0.466 e. The van der Waals surface area contributed by atoms with E-state index in [1.165, 1.54) is 32.3 Å². The maximum absolute atomic E-state index is 12.2. The van der Waals surface area contributed by atoms with Crippen LogP contribution in [0.4, 0.5) is 0 Å². The molecule has 0 aromatic carbocycles. The van der Waals surface area contributed by atoms with E-state index in [9.17, 15) is 19.8 Å². The first-order valence-corrected chi connectivity index (χ1v) is 8.19. The number of carbonyl (C=O) groups excluding carboxylic acids is 2. The summed E-state index contributed by atoms with van der Waals surface area (Å²) in [5, 5.41) is 22.2. The molecule has 0 unspecified atom stereocenters. The number of carbonyl (C=O) groups is 2. The highest BCUT2D eigenvalue weighted by molar-refractivity contribution is 6.18. The van der Waals surface area contributed by atoms with E-state index in [-0.39, 0.29) is 5.76 Å². The molecule has 0 radical (unpaired) electrons. The molecule has 1 amide bonds. The second kappa shape index (κ2) is 6.84. The summed E-state index contributed by atoms with van der Waals surface area (Å²) in [4.78, 5) is 24.2. The molecule has 0 aromatic heterocycles. The van der Waals surface area contributed by atoms with Crippen molar-refractivity contribution >= 4 is 11.7 Å². The van der Waals surface area contributed by atoms with E-state index < -0.39 is 29.1 Å². The SMILES string of the molecule is CCCCCCC/C=C/C1=CC(=O)[C@]2(O1)C(=O)N[C@@](C)(O)[C@H]2O. The maximum Gasteiger partial charge on any atom is 0.278 e. The standard InChI is InChI=1S/C17H25NO5/c1-3-4-5-6-7-8-9-10-12-11-13(19)17(23-12)14(20)16(2,22)18-15(17)21/h9-11,14,20,22H,3-8H2,1-2H3,(H,18,21)/b10-9+/t14-,16+,17-/m1/s1. The third kappa shape index (κ3) is 3.33. The highest BCUT2D eigenvalue weighted by Gasteiger charge is 2.68. The molecule has 2 aliphatic heterocycles. The fraction of sp³-hybridized carbons (Fsp3) is 0.647. The van der Waals surface area contributed by atoms with Crippen LogP contribution in [0.3, 0.4) is 0 Å². The monoisotopic (exact) mass is 323 g/mol. The minimum absolute atomic E-state index is 0.232. The number of rotatable bonds is 7. The van der Waals surface area contributed by atoms with Gasteiger partial charge >= 0.3 is 0 Å². The molecule has 1 spiro atoms. The average Bonchev–Trinajstić information content (AvgIpc) is 2.90. The molecule has 2 rings (SSSR count). The number of hydrogen-bond donors (Lipinski definition) is 3. The zero-order valence-corrected chi connectivity index (χ0v) is 13.7. The zero-order chi connectivity index (χ0) is 17.1. The van der Waals surface area contributed by atoms with E-state index in [0.717, 1.165) is 19.3 Å². The van der Waals surface area contributed by atoms with Gasteiger partial charge in [-0.25, -0.2) is 0 Å². The first kappa shape index (κ1) is 17.7. The Labute approximate surface area is 136 Å². The first-order chi connectivity index (χ1) is 10.8. The third-order valence-corrected chi connectivity index (χ3v) is 4.30. The van der Waals surface area contributed by atoms with Gasteiger partial charge in [0.2, 0.25) is 5.78 Å². The molecule has 128 valence electrons. The largest absolute Gasteiger partial charge is 0.466 e. The Hall–Kier alpha value is -1.66. The summed E-state index contributed by atoms with van der Waals surface area (Å²) in [6.07, 6.45) is 9.79. The summed E-state index contributed by atoms with van der Waals surface area (Å²) < 4.78 is 5.43. The van der Waals surface area contributed by atoms with Crippen LogP contribution < -0.4 is 5.32 Å². The quantitative estimate of drug-likeness (QED) is 0.485. The van der Waals surface area contributed by atoms with Gasteiger partial charge in [0.25, 0.3) is 11.5 Å². The number of aliphatic hydroxyl groups excluding tert-OH is 1. The Morgan fingerprint density at radius 3 is 2.61 bits per heavy atom. The van der Waals surface area contributed by atoms with Crippen LogP contribution in [0.25, 0.3) is 0 Å². The Morgan fingerprint density at radius 1 is 1.30 bits per heavy atom. The molecule has 1 fully saturated rings. The van der Waals surface area contributed by atoms with Crippen molar-refractivity contribution in [3.05, 3.63) is 24.0 Å². The van der Waals surface area contributed by atoms with E-state index in [1.807, 2.05) is 6.08 Å². The van der Waals surface area contributed by atoms with Crippen molar-refractivity contribution in [1.82, 2.24) is 5.32 Å². The number of aliphatic hydroxyl groups is 2. The molecule has 3 atom stereocenters. The minimum atomic E-state index is -2.07. The van der Waals surface area contributed by atoms with Gasteiger partial charge in [-0.05, 0) is 25.8 Å². The Kier molecular flexibility index (Phi) is 5.26. The van der Waals surface area contributed by atoms with Crippen LogP contribution in [0.5, 0.6) is 0 Å². The van der Waals surface area contributed by atoms with Gasteiger partial charge in [0.1, 0.15) is 5.76 Å². The van der Waals surface area contributed by atoms with Crippen molar-refractivity contribution in [1.29, 1.82) is 0 Å². The predicted molar refractivity (Wildman–Crippen MR) is 84.2 cm³/mol. The summed E-state index contributed by atoms with van der Waals surface area (Å²) in [7, 11) is 0. The van der Waals surface area contributed by atoms with Crippen molar-refractivity contribution < 1.29 is 24.5 Å². The van der Waals surface area contributed by atoms with Gasteiger partial charge in [-0.1, -0.05) is 38.7 Å². The number of hydrogen-bond acceptors (Lipinski definition) is 5. The van der Waals surface area contributed by atoms with Gasteiger partial charge in [0.15, 0.2) is 11.8 Å². The summed E-state index contributed by atoms with van der Waals surface area (Å²) in [6.45, 7) is 3.40. The lowest BCUT2D eigenvalue weighted by Gasteiger charge is -2.27. The molecular weight excluding hydrogens is 298 g/mol. The van der Waals surface area contributed by atoms with Crippen LogP contribution in [-0.2, 0) is 14.3 Å². The first-order valence-electron chi connectivity index (χ1n) is 8.19. The second-order valence-corrected chi connectivity index (χ2v) is 6.36. The summed E-state index contributed by atoms with van der Waals surface area (Å²) in [5.74, 6) is -1.24. The van der Waals surface area contributed by atoms with Crippen molar-refractivity contribution in [2.45, 2.75) is 69.8 Å². The van der Waals surface area contributed by atoms with E-state index in [2.05, 4.69) is 12.2 Å². The van der Waals surface area contributed by atoms with E-state index in [1.54, 1.807) is 6.08 Å². The molecule has 0 saturated carbocycles. The van der Waals surface area contributed by atoms with Crippen LogP contribution in [0.15, 0.2) is 24.0 Å². The van der Waals surface area contributed by atoms with Crippen LogP contribution >= 0.6 is 0 Å². The number of ketones is 1. The van der Waals surface area contributed by atoms with Gasteiger partial charge in [0, 0.05) is 6.08 Å². The second-order valence-electron chi connectivity index (χ2n) is 6.36. The smallest absolute Gasteiger partial charge is 0.278 e. The fourth-order valence-corrected chi connectivity index (χ4v) is 2.91. The Bertz CT molecular complexity index is 537. The number of nitrogens with one attached hydrogen (secondary N) is 1. The normalized spacial score (nSPS) is 33.4. The number of unbranched alkanes of at least 4 members (excludes halogenated alkanes) is 5. The maximum atomic E-state index is 12.2. The van der Waals surface area contributed by atoms with Crippen molar-refractivity contribution in [3.8, 4) is 0 Å². The third-order valence-electron chi connectivity index (χ3n) is 4.30. The summed E-state index contributed by atoms with van der Waals surface area (Å²) >= 11 is 0. The van der Waals surface area contributed by atoms with Crippen molar-refractivity contribution in [2.75, 3.05) is 0 Å². The lowest BCUT2D eigenvalue weighted by molar-refractivity contribution is -0.159. The van der Waals surface area contributed by atoms with E-state index >= 15 is 0 Å². The molecule has 23 heavy (non-hydrogen) atoms. The van der Waals surface area contributed by atoms with E-state index in [0.29, 0.717) is 0 Å². The molecule has 2 heterocycles. The van der Waals surface area contributed by atoms with Crippen molar-refractivity contribution in [3.63, 3.8) is 0 Å². The summed E-state index contributed by atoms with van der Waals surface area (Å²) in [6, 6.07) is 0. The molecule has 1 saturated heterocycles. The lowest BCUT2D eigenvalue weighted by Crippen LogP contribution is -2.54. The van der Waals surface area contributed by atoms with Gasteiger partial charge in [-0.2, -0.15) is 0 Å². The van der Waals surface area contributed by atoms with Crippen LogP contribution in [-0.4, -0.2) is 39.3 Å². The van der Waals surface area contributed by atoms with Crippen LogP contribution in [0, 0.1) is 0 Å². The molecule has 6 heteroatoms. The summed E-state index contributed by atoms with van der Waals surface area (Å²) in [5.41, 5.74) is -3.96. The Balaban J connectivity index is 1.92. The molecule has 0 bridgehead atoms. The number of allylic oxidation sites excluding steroid dienone is 2. The average molecular weight is 323 g/mol. The number of ether oxygens (including phenoxy) is 1. The molecule has 6 nitrogen and oxygen atoms in total. The fourth-order valence-electron chi connectivity index (χ4n) is 2.91. The van der Waals surface area contributed by atoms with Gasteiger partial charge in [-0.15, -0.1) is 0 Å². The van der Waals surface area contributed by atoms with E-state index in [4.69, 9.17) is 4.74 Å². The van der Waals surface area contributed by atoms with Crippen LogP contribution in [0.2, 0.25) is 0 Å². The highest BCUT2D eigenvalue weighted by Crippen LogP contribution is 2.38. The predicted octanol–water partition coefficient (Wildman–Crippen LogP) is 1.32.